The monoisotopic (exact) mass is 331 g/mol. The maximum Gasteiger partial charge on any atom is 0.328 e. The maximum absolute atomic E-state index is 12.4. The van der Waals surface area contributed by atoms with Crippen LogP contribution in [-0.2, 0) is 17.9 Å². The molecule has 1 aliphatic heterocycles. The van der Waals surface area contributed by atoms with Crippen molar-refractivity contribution in [3.63, 3.8) is 0 Å². The van der Waals surface area contributed by atoms with Crippen LogP contribution in [-0.4, -0.2) is 33.7 Å². The zero-order valence-electron chi connectivity index (χ0n) is 13.2. The molecule has 1 N–H and O–H groups in total. The minimum atomic E-state index is -0.602. The van der Waals surface area contributed by atoms with Crippen LogP contribution >= 0.6 is 0 Å². The van der Waals surface area contributed by atoms with E-state index in [-0.39, 0.29) is 19.2 Å². The molecule has 8 nitrogen and oxygen atoms in total. The van der Waals surface area contributed by atoms with Crippen molar-refractivity contribution in [3.8, 4) is 11.5 Å². The largest absolute Gasteiger partial charge is 0.454 e. The van der Waals surface area contributed by atoms with E-state index in [9.17, 15) is 14.4 Å². The minimum absolute atomic E-state index is 0.131. The highest BCUT2D eigenvalue weighted by molar-refractivity contribution is 5.76. The van der Waals surface area contributed by atoms with E-state index in [0.717, 1.165) is 5.56 Å². The number of hydrogen-bond donors (Lipinski definition) is 1. The van der Waals surface area contributed by atoms with E-state index < -0.39 is 11.2 Å². The molecule has 0 atom stereocenters. The van der Waals surface area contributed by atoms with Crippen molar-refractivity contribution < 1.29 is 14.3 Å². The standard InChI is InChI=1S/C16H17N3O5/c1-2-18(8-11-3-4-12-13(7-11)24-10-23-12)15(21)9-19-6-5-14(20)17-16(19)22/h3-7H,2,8-10H2,1H3,(H,17,20,22). The number of ether oxygens (including phenoxy) is 2. The number of aromatic amines is 1. The molecule has 1 aromatic carbocycles. The molecule has 24 heavy (non-hydrogen) atoms. The fourth-order valence-electron chi connectivity index (χ4n) is 2.45. The van der Waals surface area contributed by atoms with Crippen molar-refractivity contribution in [3.05, 3.63) is 56.9 Å². The van der Waals surface area contributed by atoms with E-state index in [0.29, 0.717) is 24.6 Å². The highest BCUT2D eigenvalue weighted by Gasteiger charge is 2.17. The first-order chi connectivity index (χ1) is 11.6. The zero-order chi connectivity index (χ0) is 17.1. The van der Waals surface area contributed by atoms with Crippen molar-refractivity contribution in [2.75, 3.05) is 13.3 Å². The Kier molecular flexibility index (Phi) is 4.37. The lowest BCUT2D eigenvalue weighted by atomic mass is 10.2. The molecule has 3 rings (SSSR count). The van der Waals surface area contributed by atoms with Crippen LogP contribution in [0, 0.1) is 0 Å². The van der Waals surface area contributed by atoms with E-state index in [1.54, 1.807) is 4.90 Å². The molecule has 0 aliphatic carbocycles. The molecule has 0 bridgehead atoms. The number of carbonyl (C=O) groups is 1. The minimum Gasteiger partial charge on any atom is -0.454 e. The molecule has 0 unspecified atom stereocenters. The first-order valence-corrected chi connectivity index (χ1v) is 7.53. The van der Waals surface area contributed by atoms with Gasteiger partial charge in [0, 0.05) is 25.4 Å². The van der Waals surface area contributed by atoms with Gasteiger partial charge >= 0.3 is 5.69 Å². The zero-order valence-corrected chi connectivity index (χ0v) is 13.2. The van der Waals surface area contributed by atoms with E-state index in [1.807, 2.05) is 25.1 Å². The van der Waals surface area contributed by atoms with Gasteiger partial charge in [0.25, 0.3) is 5.56 Å². The third-order valence-corrected chi connectivity index (χ3v) is 3.75. The molecule has 0 fully saturated rings. The second-order valence-electron chi connectivity index (χ2n) is 5.33. The summed E-state index contributed by atoms with van der Waals surface area (Å²) >= 11 is 0. The number of likely N-dealkylation sites (N-methyl/N-ethyl adjacent to an activating group) is 1. The Balaban J connectivity index is 1.72. The summed E-state index contributed by atoms with van der Waals surface area (Å²) in [5.74, 6) is 1.13. The molecular formula is C16H17N3O5. The summed E-state index contributed by atoms with van der Waals surface area (Å²) < 4.78 is 11.8. The lowest BCUT2D eigenvalue weighted by Crippen LogP contribution is -2.37. The Morgan fingerprint density at radius 1 is 1.25 bits per heavy atom. The summed E-state index contributed by atoms with van der Waals surface area (Å²) in [6.45, 7) is 2.81. The van der Waals surface area contributed by atoms with Gasteiger partial charge in [-0.3, -0.25) is 19.1 Å². The van der Waals surface area contributed by atoms with Gasteiger partial charge in [-0.15, -0.1) is 0 Å². The number of amides is 1. The second-order valence-corrected chi connectivity index (χ2v) is 5.33. The number of fused-ring (bicyclic) bond motifs is 1. The smallest absolute Gasteiger partial charge is 0.328 e. The second kappa shape index (κ2) is 6.61. The number of hydrogen-bond acceptors (Lipinski definition) is 5. The van der Waals surface area contributed by atoms with Gasteiger partial charge in [-0.05, 0) is 24.6 Å². The molecule has 0 radical (unpaired) electrons. The van der Waals surface area contributed by atoms with Crippen molar-refractivity contribution in [1.29, 1.82) is 0 Å². The average molecular weight is 331 g/mol. The van der Waals surface area contributed by atoms with Crippen LogP contribution in [0.4, 0.5) is 0 Å². The average Bonchev–Trinajstić information content (AvgIpc) is 3.02. The first kappa shape index (κ1) is 15.9. The Morgan fingerprint density at radius 2 is 2.04 bits per heavy atom. The summed E-state index contributed by atoms with van der Waals surface area (Å²) in [5, 5.41) is 0. The Morgan fingerprint density at radius 3 is 2.79 bits per heavy atom. The molecule has 0 saturated heterocycles. The predicted molar refractivity (Wildman–Crippen MR) is 85.0 cm³/mol. The fourth-order valence-corrected chi connectivity index (χ4v) is 2.45. The molecule has 8 heteroatoms. The van der Waals surface area contributed by atoms with E-state index >= 15 is 0 Å². The quantitative estimate of drug-likeness (QED) is 0.851. The lowest BCUT2D eigenvalue weighted by molar-refractivity contribution is -0.132. The number of rotatable bonds is 5. The molecule has 2 aromatic rings. The first-order valence-electron chi connectivity index (χ1n) is 7.53. The molecule has 2 heterocycles. The molecule has 126 valence electrons. The molecule has 1 aromatic heterocycles. The van der Waals surface area contributed by atoms with Gasteiger partial charge in [0.15, 0.2) is 11.5 Å². The number of nitrogens with zero attached hydrogens (tertiary/aromatic N) is 2. The molecule has 1 aliphatic rings. The predicted octanol–water partition coefficient (Wildman–Crippen LogP) is 0.314. The number of benzene rings is 1. The van der Waals surface area contributed by atoms with E-state index in [4.69, 9.17) is 9.47 Å². The van der Waals surface area contributed by atoms with Gasteiger partial charge in [-0.25, -0.2) is 4.79 Å². The Labute approximate surface area is 137 Å². The van der Waals surface area contributed by atoms with Crippen molar-refractivity contribution in [1.82, 2.24) is 14.5 Å². The van der Waals surface area contributed by atoms with Gasteiger partial charge in [0.1, 0.15) is 6.54 Å². The summed E-state index contributed by atoms with van der Waals surface area (Å²) in [7, 11) is 0. The van der Waals surface area contributed by atoms with E-state index in [2.05, 4.69) is 4.98 Å². The summed E-state index contributed by atoms with van der Waals surface area (Å²) in [5.41, 5.74) is -0.186. The maximum atomic E-state index is 12.4. The highest BCUT2D eigenvalue weighted by atomic mass is 16.7. The van der Waals surface area contributed by atoms with Crippen molar-refractivity contribution >= 4 is 5.91 Å². The summed E-state index contributed by atoms with van der Waals surface area (Å²) in [6.07, 6.45) is 1.31. The van der Waals surface area contributed by atoms with Gasteiger partial charge in [-0.2, -0.15) is 0 Å². The van der Waals surface area contributed by atoms with Crippen LogP contribution in [0.2, 0.25) is 0 Å². The molecular weight excluding hydrogens is 314 g/mol. The SMILES string of the molecule is CCN(Cc1ccc2c(c1)OCO2)C(=O)Cn1ccc(=O)[nH]c1=O. The lowest BCUT2D eigenvalue weighted by Gasteiger charge is -2.21. The fraction of sp³-hybridized carbons (Fsp3) is 0.312. The van der Waals surface area contributed by atoms with Crippen molar-refractivity contribution in [2.45, 2.75) is 20.0 Å². The van der Waals surface area contributed by atoms with Crippen LogP contribution in [0.15, 0.2) is 40.1 Å². The van der Waals surface area contributed by atoms with Gasteiger partial charge < -0.3 is 14.4 Å². The topological polar surface area (TPSA) is 93.6 Å². The van der Waals surface area contributed by atoms with Crippen LogP contribution in [0.3, 0.4) is 0 Å². The highest BCUT2D eigenvalue weighted by Crippen LogP contribution is 2.32. The Hall–Kier alpha value is -3.03. The normalized spacial score (nSPS) is 12.2. The third kappa shape index (κ3) is 3.32. The summed E-state index contributed by atoms with van der Waals surface area (Å²) in [4.78, 5) is 38.9. The van der Waals surface area contributed by atoms with Crippen LogP contribution < -0.4 is 20.7 Å². The molecule has 1 amide bonds. The summed E-state index contributed by atoms with van der Waals surface area (Å²) in [6, 6.07) is 6.73. The Bertz CT molecular complexity index is 871. The molecule has 0 spiro atoms. The number of carbonyl (C=O) groups excluding carboxylic acids is 1. The number of aromatic nitrogens is 2. The van der Waals surface area contributed by atoms with Gasteiger partial charge in [-0.1, -0.05) is 6.07 Å². The van der Waals surface area contributed by atoms with E-state index in [1.165, 1.54) is 16.8 Å². The van der Waals surface area contributed by atoms with Crippen LogP contribution in [0.1, 0.15) is 12.5 Å². The van der Waals surface area contributed by atoms with Crippen LogP contribution in [0.5, 0.6) is 11.5 Å². The van der Waals surface area contributed by atoms with Crippen molar-refractivity contribution in [2.24, 2.45) is 0 Å². The molecule has 0 saturated carbocycles. The van der Waals surface area contributed by atoms with Crippen LogP contribution in [0.25, 0.3) is 0 Å². The number of H-pyrrole nitrogens is 1. The van der Waals surface area contributed by atoms with Gasteiger partial charge in [0.05, 0.1) is 0 Å². The van der Waals surface area contributed by atoms with Gasteiger partial charge in [0.2, 0.25) is 12.7 Å². The number of nitrogens with one attached hydrogen (secondary N) is 1. The third-order valence-electron chi connectivity index (χ3n) is 3.75.